The minimum Gasteiger partial charge on any atom is -0.493 e. The van der Waals surface area contributed by atoms with Gasteiger partial charge in [0.2, 0.25) is 5.88 Å². The fourth-order valence-electron chi connectivity index (χ4n) is 2.39. The van der Waals surface area contributed by atoms with Gasteiger partial charge < -0.3 is 9.47 Å². The van der Waals surface area contributed by atoms with Crippen LogP contribution in [0.4, 0.5) is 18.3 Å². The topological polar surface area (TPSA) is 73.3 Å². The standard InChI is InChI=1S/C19H15ClF3N3O3S/c1-2-28-15-6-4-3-5-12(15)14-9-30-18(25-14)26-16(27)11-7-13(20)17(24-8-11)29-10-19(21,22)23/h3-9H,2,10H2,1H3,(H,25,26,27). The molecule has 158 valence electrons. The SMILES string of the molecule is CCOc1ccccc1-c1csc(NC(=O)c2cnc(OCC(F)(F)F)c(Cl)c2)n1. The number of ether oxygens (including phenoxy) is 2. The molecule has 0 aliphatic rings. The Morgan fingerprint density at radius 1 is 1.27 bits per heavy atom. The van der Waals surface area contributed by atoms with Gasteiger partial charge >= 0.3 is 6.18 Å². The van der Waals surface area contributed by atoms with Crippen molar-refractivity contribution in [2.24, 2.45) is 0 Å². The predicted octanol–water partition coefficient (Wildman–Crippen LogP) is 5.45. The van der Waals surface area contributed by atoms with Gasteiger partial charge in [0, 0.05) is 17.1 Å². The number of nitrogens with one attached hydrogen (secondary N) is 1. The summed E-state index contributed by atoms with van der Waals surface area (Å²) in [5.41, 5.74) is 1.46. The van der Waals surface area contributed by atoms with E-state index in [9.17, 15) is 18.0 Å². The Hall–Kier alpha value is -2.85. The summed E-state index contributed by atoms with van der Waals surface area (Å²) in [6, 6.07) is 8.56. The van der Waals surface area contributed by atoms with Crippen LogP contribution in [-0.4, -0.2) is 35.3 Å². The van der Waals surface area contributed by atoms with Gasteiger partial charge in [-0.1, -0.05) is 23.7 Å². The second kappa shape index (κ2) is 9.31. The maximum atomic E-state index is 12.4. The van der Waals surface area contributed by atoms with Crippen LogP contribution in [-0.2, 0) is 0 Å². The third-order valence-corrected chi connectivity index (χ3v) is 4.66. The van der Waals surface area contributed by atoms with Crippen LogP contribution >= 0.6 is 22.9 Å². The van der Waals surface area contributed by atoms with Crippen molar-refractivity contribution in [1.82, 2.24) is 9.97 Å². The number of hydrogen-bond donors (Lipinski definition) is 1. The molecule has 0 radical (unpaired) electrons. The summed E-state index contributed by atoms with van der Waals surface area (Å²) in [6.07, 6.45) is -3.45. The van der Waals surface area contributed by atoms with Crippen LogP contribution in [0.5, 0.6) is 11.6 Å². The van der Waals surface area contributed by atoms with Gasteiger partial charge in [0.1, 0.15) is 10.8 Å². The number of para-hydroxylation sites is 1. The van der Waals surface area contributed by atoms with Crippen LogP contribution in [0.15, 0.2) is 41.9 Å². The highest BCUT2D eigenvalue weighted by Crippen LogP contribution is 2.32. The Morgan fingerprint density at radius 2 is 2.03 bits per heavy atom. The van der Waals surface area contributed by atoms with E-state index < -0.39 is 24.6 Å². The van der Waals surface area contributed by atoms with E-state index in [-0.39, 0.29) is 10.6 Å². The molecule has 2 aromatic heterocycles. The Labute approximate surface area is 178 Å². The molecule has 0 bridgehead atoms. The summed E-state index contributed by atoms with van der Waals surface area (Å²) < 4.78 is 46.8. The van der Waals surface area contributed by atoms with Crippen molar-refractivity contribution < 1.29 is 27.4 Å². The number of anilines is 1. The van der Waals surface area contributed by atoms with Gasteiger partial charge in [-0.15, -0.1) is 11.3 Å². The highest BCUT2D eigenvalue weighted by atomic mass is 35.5. The van der Waals surface area contributed by atoms with Crippen molar-refractivity contribution in [3.05, 3.63) is 52.5 Å². The number of amides is 1. The number of thiazole rings is 1. The number of rotatable bonds is 7. The van der Waals surface area contributed by atoms with Crippen LogP contribution in [0.3, 0.4) is 0 Å². The lowest BCUT2D eigenvalue weighted by Crippen LogP contribution is -2.20. The molecule has 1 aromatic carbocycles. The molecule has 3 rings (SSSR count). The summed E-state index contributed by atoms with van der Waals surface area (Å²) in [4.78, 5) is 20.5. The smallest absolute Gasteiger partial charge is 0.422 e. The van der Waals surface area contributed by atoms with Crippen molar-refractivity contribution in [3.63, 3.8) is 0 Å². The molecule has 6 nitrogen and oxygen atoms in total. The van der Waals surface area contributed by atoms with E-state index in [2.05, 4.69) is 20.0 Å². The molecule has 0 fully saturated rings. The molecular weight excluding hydrogens is 443 g/mol. The van der Waals surface area contributed by atoms with Gasteiger partial charge in [0.05, 0.1) is 17.9 Å². The fraction of sp³-hybridized carbons (Fsp3) is 0.211. The van der Waals surface area contributed by atoms with E-state index >= 15 is 0 Å². The van der Waals surface area contributed by atoms with Gasteiger partial charge in [0.25, 0.3) is 5.91 Å². The molecule has 0 spiro atoms. The van der Waals surface area contributed by atoms with Crippen molar-refractivity contribution in [2.45, 2.75) is 13.1 Å². The largest absolute Gasteiger partial charge is 0.493 e. The maximum Gasteiger partial charge on any atom is 0.422 e. The van der Waals surface area contributed by atoms with E-state index in [0.29, 0.717) is 23.2 Å². The predicted molar refractivity (Wildman–Crippen MR) is 107 cm³/mol. The van der Waals surface area contributed by atoms with Crippen LogP contribution in [0.2, 0.25) is 5.02 Å². The van der Waals surface area contributed by atoms with Crippen molar-refractivity contribution in [3.8, 4) is 22.9 Å². The molecule has 0 saturated heterocycles. The quantitative estimate of drug-likeness (QED) is 0.510. The molecule has 1 amide bonds. The molecule has 0 unspecified atom stereocenters. The molecule has 11 heteroatoms. The lowest BCUT2D eigenvalue weighted by atomic mass is 10.1. The van der Waals surface area contributed by atoms with Gasteiger partial charge in [-0.05, 0) is 25.1 Å². The van der Waals surface area contributed by atoms with Crippen LogP contribution in [0, 0.1) is 0 Å². The Morgan fingerprint density at radius 3 is 2.73 bits per heavy atom. The normalized spacial score (nSPS) is 11.2. The average Bonchev–Trinajstić information content (AvgIpc) is 3.15. The second-order valence-corrected chi connectivity index (χ2v) is 7.10. The minimum atomic E-state index is -4.52. The van der Waals surface area contributed by atoms with Crippen LogP contribution < -0.4 is 14.8 Å². The van der Waals surface area contributed by atoms with Crippen molar-refractivity contribution >= 4 is 34.0 Å². The number of hydrogen-bond acceptors (Lipinski definition) is 6. The fourth-order valence-corrected chi connectivity index (χ4v) is 3.32. The van der Waals surface area contributed by atoms with Crippen LogP contribution in [0.1, 0.15) is 17.3 Å². The molecule has 1 N–H and O–H groups in total. The molecule has 3 aromatic rings. The molecule has 0 atom stereocenters. The summed E-state index contributed by atoms with van der Waals surface area (Å²) in [5, 5.41) is 4.50. The Kier molecular flexibility index (Phi) is 6.78. The number of alkyl halides is 3. The maximum absolute atomic E-state index is 12.4. The summed E-state index contributed by atoms with van der Waals surface area (Å²) >= 11 is 7.09. The highest BCUT2D eigenvalue weighted by molar-refractivity contribution is 7.14. The highest BCUT2D eigenvalue weighted by Gasteiger charge is 2.29. The monoisotopic (exact) mass is 457 g/mol. The summed E-state index contributed by atoms with van der Waals surface area (Å²) in [5.74, 6) is -0.297. The van der Waals surface area contributed by atoms with Gasteiger partial charge in [-0.2, -0.15) is 13.2 Å². The lowest BCUT2D eigenvalue weighted by molar-refractivity contribution is -0.154. The third-order valence-electron chi connectivity index (χ3n) is 3.63. The first-order chi connectivity index (χ1) is 14.3. The summed E-state index contributed by atoms with van der Waals surface area (Å²) in [7, 11) is 0. The first-order valence-corrected chi connectivity index (χ1v) is 9.86. The number of carbonyl (C=O) groups is 1. The summed E-state index contributed by atoms with van der Waals surface area (Å²) in [6.45, 7) is 0.847. The van der Waals surface area contributed by atoms with Crippen molar-refractivity contribution in [2.75, 3.05) is 18.5 Å². The van der Waals surface area contributed by atoms with E-state index in [4.69, 9.17) is 16.3 Å². The zero-order valence-electron chi connectivity index (χ0n) is 15.5. The first-order valence-electron chi connectivity index (χ1n) is 8.61. The molecule has 0 saturated carbocycles. The molecule has 30 heavy (non-hydrogen) atoms. The van der Waals surface area contributed by atoms with Crippen molar-refractivity contribution in [1.29, 1.82) is 0 Å². The minimum absolute atomic E-state index is 0.0471. The van der Waals surface area contributed by atoms with E-state index in [1.165, 1.54) is 17.4 Å². The number of nitrogens with zero attached hydrogens (tertiary/aromatic N) is 2. The second-order valence-electron chi connectivity index (χ2n) is 5.84. The number of aromatic nitrogens is 2. The van der Waals surface area contributed by atoms with Gasteiger partial charge in [-0.3, -0.25) is 10.1 Å². The number of benzene rings is 1. The zero-order chi connectivity index (χ0) is 21.7. The molecule has 0 aliphatic carbocycles. The first kappa shape index (κ1) is 21.8. The van der Waals surface area contributed by atoms with Gasteiger partial charge in [-0.25, -0.2) is 9.97 Å². The zero-order valence-corrected chi connectivity index (χ0v) is 17.1. The average molecular weight is 458 g/mol. The van der Waals surface area contributed by atoms with E-state index in [0.717, 1.165) is 11.8 Å². The number of halogens is 4. The van der Waals surface area contributed by atoms with E-state index in [1.807, 2.05) is 31.2 Å². The molecule has 2 heterocycles. The van der Waals surface area contributed by atoms with E-state index in [1.54, 1.807) is 5.38 Å². The number of pyridine rings is 1. The van der Waals surface area contributed by atoms with Crippen LogP contribution in [0.25, 0.3) is 11.3 Å². The molecular formula is C19H15ClF3N3O3S. The Bertz CT molecular complexity index is 1040. The molecule has 0 aliphatic heterocycles. The number of carbonyl (C=O) groups excluding carboxylic acids is 1. The Balaban J connectivity index is 1.71. The van der Waals surface area contributed by atoms with Gasteiger partial charge in [0.15, 0.2) is 11.7 Å². The third kappa shape index (κ3) is 5.61. The lowest BCUT2D eigenvalue weighted by Gasteiger charge is -2.10.